The van der Waals surface area contributed by atoms with Crippen LogP contribution in [0.25, 0.3) is 0 Å². The fraction of sp³-hybridized carbons (Fsp3) is 0.417. The maximum Gasteiger partial charge on any atom is 0.292 e. The van der Waals surface area contributed by atoms with Gasteiger partial charge in [-0.05, 0) is 19.1 Å². The Hall–Kier alpha value is -2.44. The van der Waals surface area contributed by atoms with Gasteiger partial charge >= 0.3 is 0 Å². The molecular weight excluding hydrogens is 346 g/mol. The molecule has 2 rings (SSSR count). The van der Waals surface area contributed by atoms with Crippen LogP contribution in [0.2, 0.25) is 0 Å². The lowest BCUT2D eigenvalue weighted by molar-refractivity contribution is -0.224. The average molecular weight is 361 g/mol. The first kappa shape index (κ1) is 17.9. The minimum absolute atomic E-state index is 0.147. The van der Waals surface area contributed by atoms with Crippen molar-refractivity contribution in [2.24, 2.45) is 5.16 Å². The Morgan fingerprint density at radius 2 is 2.25 bits per heavy atom. The van der Waals surface area contributed by atoms with Crippen LogP contribution in [0.4, 0.5) is 0 Å². The Morgan fingerprint density at radius 1 is 1.54 bits per heavy atom. The molecule has 0 radical (unpaired) electrons. The maximum absolute atomic E-state index is 12.2. The first-order valence-electron chi connectivity index (χ1n) is 6.61. The van der Waals surface area contributed by atoms with Crippen LogP contribution in [0.3, 0.4) is 0 Å². The normalized spacial score (nSPS) is 21.4. The van der Waals surface area contributed by atoms with Crippen LogP contribution < -0.4 is 5.32 Å². The van der Waals surface area contributed by atoms with Gasteiger partial charge in [-0.25, -0.2) is 5.06 Å². The minimum Gasteiger partial charge on any atom is -0.462 e. The molecule has 2 amide bonds. The highest BCUT2D eigenvalue weighted by molar-refractivity contribution is 7.85. The van der Waals surface area contributed by atoms with Crippen molar-refractivity contribution in [3.05, 3.63) is 24.2 Å². The number of hydrogen-bond acceptors (Lipinski definition) is 8. The predicted molar refractivity (Wildman–Crippen MR) is 78.0 cm³/mol. The molecule has 0 spiro atoms. The van der Waals surface area contributed by atoms with E-state index in [9.17, 15) is 18.0 Å². The van der Waals surface area contributed by atoms with Gasteiger partial charge in [0.15, 0.2) is 5.76 Å². The third kappa shape index (κ3) is 3.90. The number of rotatable bonds is 7. The van der Waals surface area contributed by atoms with Crippen LogP contribution in [-0.2, 0) is 29.4 Å². The molecule has 2 heterocycles. The van der Waals surface area contributed by atoms with Gasteiger partial charge in [0.25, 0.3) is 21.9 Å². The van der Waals surface area contributed by atoms with E-state index in [2.05, 4.69) is 20.1 Å². The molecule has 1 aromatic rings. The summed E-state index contributed by atoms with van der Waals surface area (Å²) in [7, 11) is -3.14. The molecule has 2 atom stereocenters. The molecule has 24 heavy (non-hydrogen) atoms. The molecule has 11 nitrogen and oxygen atoms in total. The standard InChI is InChI=1S/C12H15N3O8S/c1-7-9(12(17)15(7)23-6-24(18,19)20)13-11(16)10(14-21-2)8-4-3-5-22-8/h3-5,7,9H,6H2,1-2H3,(H,13,16)(H,18,19,20)/b14-10-/t7-,9-/m0/s1. The summed E-state index contributed by atoms with van der Waals surface area (Å²) in [5, 5.41) is 6.73. The molecule has 0 aromatic carbocycles. The van der Waals surface area contributed by atoms with Gasteiger partial charge in [-0.2, -0.15) is 8.42 Å². The molecule has 1 fully saturated rings. The van der Waals surface area contributed by atoms with Gasteiger partial charge in [0, 0.05) is 0 Å². The van der Waals surface area contributed by atoms with Crippen molar-refractivity contribution in [2.45, 2.75) is 19.0 Å². The molecule has 0 saturated carbocycles. The van der Waals surface area contributed by atoms with Crippen molar-refractivity contribution in [3.8, 4) is 0 Å². The van der Waals surface area contributed by atoms with Gasteiger partial charge < -0.3 is 14.6 Å². The molecule has 0 bridgehead atoms. The lowest BCUT2D eigenvalue weighted by atomic mass is 10.00. The Balaban J connectivity index is 2.00. The number of carbonyl (C=O) groups excluding carboxylic acids is 2. The summed E-state index contributed by atoms with van der Waals surface area (Å²) >= 11 is 0. The van der Waals surface area contributed by atoms with E-state index in [1.54, 1.807) is 6.07 Å². The lowest BCUT2D eigenvalue weighted by Crippen LogP contribution is -2.70. The van der Waals surface area contributed by atoms with Crippen LogP contribution in [0.5, 0.6) is 0 Å². The molecule has 1 aliphatic rings. The molecule has 1 aromatic heterocycles. The zero-order valence-corrected chi connectivity index (χ0v) is 13.5. The van der Waals surface area contributed by atoms with Crippen LogP contribution in [-0.4, -0.2) is 60.7 Å². The number of nitrogens with one attached hydrogen (secondary N) is 1. The Morgan fingerprint density at radius 3 is 2.75 bits per heavy atom. The van der Waals surface area contributed by atoms with E-state index in [4.69, 9.17) is 8.97 Å². The first-order chi connectivity index (χ1) is 11.2. The highest BCUT2D eigenvalue weighted by atomic mass is 32.2. The summed E-state index contributed by atoms with van der Waals surface area (Å²) in [6, 6.07) is 1.44. The lowest BCUT2D eigenvalue weighted by Gasteiger charge is -2.43. The number of β-lactam (4-membered cyclic amide) rings is 1. The molecule has 12 heteroatoms. The summed E-state index contributed by atoms with van der Waals surface area (Å²) < 4.78 is 34.9. The summed E-state index contributed by atoms with van der Waals surface area (Å²) in [6.07, 6.45) is 1.34. The Bertz CT molecular complexity index is 742. The summed E-state index contributed by atoms with van der Waals surface area (Å²) in [6.45, 7) is 1.52. The van der Waals surface area contributed by atoms with Crippen molar-refractivity contribution >= 4 is 27.6 Å². The summed E-state index contributed by atoms with van der Waals surface area (Å²) in [5.41, 5.74) is -0.167. The third-order valence-electron chi connectivity index (χ3n) is 3.12. The van der Waals surface area contributed by atoms with Gasteiger partial charge in [0.2, 0.25) is 11.7 Å². The average Bonchev–Trinajstić information content (AvgIpc) is 3.03. The minimum atomic E-state index is -4.38. The van der Waals surface area contributed by atoms with Crippen LogP contribution in [0.15, 0.2) is 28.0 Å². The third-order valence-corrected chi connectivity index (χ3v) is 3.52. The predicted octanol–water partition coefficient (Wildman–Crippen LogP) is -0.877. The van der Waals surface area contributed by atoms with E-state index >= 15 is 0 Å². The van der Waals surface area contributed by atoms with Crippen molar-refractivity contribution in [3.63, 3.8) is 0 Å². The van der Waals surface area contributed by atoms with E-state index in [1.165, 1.54) is 26.4 Å². The van der Waals surface area contributed by atoms with E-state index < -0.39 is 40.0 Å². The number of nitrogens with zero attached hydrogens (tertiary/aromatic N) is 2. The number of hydrogen-bond donors (Lipinski definition) is 2. The second kappa shape index (κ2) is 6.98. The van der Waals surface area contributed by atoms with E-state index in [-0.39, 0.29) is 11.5 Å². The van der Waals surface area contributed by atoms with Crippen LogP contribution >= 0.6 is 0 Å². The van der Waals surface area contributed by atoms with Crippen molar-refractivity contribution in [2.75, 3.05) is 13.0 Å². The highest BCUT2D eigenvalue weighted by Crippen LogP contribution is 2.20. The topological polar surface area (TPSA) is 148 Å². The number of hydroxylamine groups is 2. The van der Waals surface area contributed by atoms with Crippen molar-refractivity contribution in [1.82, 2.24) is 10.4 Å². The summed E-state index contributed by atoms with van der Waals surface area (Å²) in [4.78, 5) is 33.4. The number of carbonyl (C=O) groups is 2. The fourth-order valence-corrected chi connectivity index (χ4v) is 2.24. The largest absolute Gasteiger partial charge is 0.462 e. The van der Waals surface area contributed by atoms with Crippen LogP contribution in [0.1, 0.15) is 12.7 Å². The van der Waals surface area contributed by atoms with Gasteiger partial charge in [-0.15, -0.1) is 0 Å². The second-order valence-corrected chi connectivity index (χ2v) is 6.18. The van der Waals surface area contributed by atoms with Crippen molar-refractivity contribution in [1.29, 1.82) is 0 Å². The molecular formula is C12H15N3O8S. The van der Waals surface area contributed by atoms with Gasteiger partial charge in [0.05, 0.1) is 12.3 Å². The molecule has 2 N–H and O–H groups in total. The van der Waals surface area contributed by atoms with Gasteiger partial charge in [-0.1, -0.05) is 5.16 Å². The smallest absolute Gasteiger partial charge is 0.292 e. The SMILES string of the molecule is CO/N=C(\C(=O)N[C@@H]1C(=O)N(OCS(=O)(=O)O)[C@H]1C)c1ccco1. The highest BCUT2D eigenvalue weighted by Gasteiger charge is 2.47. The zero-order chi connectivity index (χ0) is 17.9. The summed E-state index contributed by atoms with van der Waals surface area (Å²) in [5.74, 6) is -2.30. The fourth-order valence-electron chi connectivity index (χ4n) is 2.00. The van der Waals surface area contributed by atoms with Gasteiger partial charge in [0.1, 0.15) is 13.2 Å². The van der Waals surface area contributed by atoms with Crippen LogP contribution in [0, 0.1) is 0 Å². The number of furan rings is 1. The van der Waals surface area contributed by atoms with E-state index in [0.717, 1.165) is 5.06 Å². The molecule has 0 aliphatic carbocycles. The first-order valence-corrected chi connectivity index (χ1v) is 8.22. The molecule has 1 saturated heterocycles. The quantitative estimate of drug-likeness (QED) is 0.275. The van der Waals surface area contributed by atoms with Crippen molar-refractivity contribution < 1.29 is 36.7 Å². The zero-order valence-electron chi connectivity index (χ0n) is 12.7. The monoisotopic (exact) mass is 361 g/mol. The second-order valence-electron chi connectivity index (χ2n) is 4.78. The van der Waals surface area contributed by atoms with Gasteiger partial charge in [-0.3, -0.25) is 19.0 Å². The number of amides is 2. The molecule has 1 aliphatic heterocycles. The molecule has 0 unspecified atom stereocenters. The Kier molecular flexibility index (Phi) is 5.21. The molecule has 132 valence electrons. The maximum atomic E-state index is 12.2. The van der Waals surface area contributed by atoms with E-state index in [0.29, 0.717) is 0 Å². The number of oxime groups is 1. The van der Waals surface area contributed by atoms with E-state index in [1.807, 2.05) is 0 Å². The Labute approximate surface area is 136 Å².